The fourth-order valence-electron chi connectivity index (χ4n) is 3.98. The van der Waals surface area contributed by atoms with E-state index >= 15 is 0 Å². The maximum Gasteiger partial charge on any atom is 0.259 e. The molecule has 6 nitrogen and oxygen atoms in total. The molecule has 0 aliphatic heterocycles. The van der Waals surface area contributed by atoms with Gasteiger partial charge in [0.15, 0.2) is 0 Å². The van der Waals surface area contributed by atoms with Gasteiger partial charge in [-0.25, -0.2) is 4.98 Å². The van der Waals surface area contributed by atoms with Gasteiger partial charge in [-0.15, -0.1) is 11.3 Å². The monoisotopic (exact) mass is 424 g/mol. The molecule has 0 unspecified atom stereocenters. The molecule has 158 valence electrons. The van der Waals surface area contributed by atoms with E-state index in [-0.39, 0.29) is 11.5 Å². The fourth-order valence-corrected chi connectivity index (χ4v) is 5.26. The zero-order valence-electron chi connectivity index (χ0n) is 17.6. The smallest absolute Gasteiger partial charge is 0.259 e. The van der Waals surface area contributed by atoms with Gasteiger partial charge in [0.2, 0.25) is 5.91 Å². The zero-order chi connectivity index (χ0) is 21.1. The summed E-state index contributed by atoms with van der Waals surface area (Å²) in [6, 6.07) is 8.27. The van der Waals surface area contributed by atoms with Crippen molar-refractivity contribution in [3.05, 3.63) is 62.0 Å². The highest BCUT2D eigenvalue weighted by atomic mass is 32.1. The van der Waals surface area contributed by atoms with Crippen LogP contribution in [-0.4, -0.2) is 34.9 Å². The molecule has 0 saturated heterocycles. The van der Waals surface area contributed by atoms with E-state index < -0.39 is 0 Å². The summed E-state index contributed by atoms with van der Waals surface area (Å²) in [5.41, 5.74) is 3.45. The number of fused-ring (bicyclic) bond motifs is 3. The van der Waals surface area contributed by atoms with Crippen molar-refractivity contribution in [1.29, 1.82) is 0 Å². The molecule has 0 atom stereocenters. The van der Waals surface area contributed by atoms with Crippen molar-refractivity contribution in [3.63, 3.8) is 0 Å². The van der Waals surface area contributed by atoms with E-state index in [1.54, 1.807) is 11.3 Å². The Morgan fingerprint density at radius 1 is 1.17 bits per heavy atom. The molecule has 0 fully saturated rings. The van der Waals surface area contributed by atoms with Crippen LogP contribution in [0.25, 0.3) is 10.2 Å². The molecule has 0 saturated carbocycles. The molecule has 0 spiro atoms. The van der Waals surface area contributed by atoms with E-state index in [2.05, 4.69) is 32.3 Å². The largest absolute Gasteiger partial charge is 0.352 e. The maximum atomic E-state index is 12.6. The van der Waals surface area contributed by atoms with Gasteiger partial charge in [-0.3, -0.25) is 9.59 Å². The number of hydrogen-bond acceptors (Lipinski definition) is 5. The second-order valence-corrected chi connectivity index (χ2v) is 9.32. The van der Waals surface area contributed by atoms with Gasteiger partial charge < -0.3 is 15.2 Å². The van der Waals surface area contributed by atoms with Crippen LogP contribution in [0.4, 0.5) is 0 Å². The Kier molecular flexibility index (Phi) is 6.29. The second-order valence-electron chi connectivity index (χ2n) is 8.23. The standard InChI is InChI=1S/C23H28N4O2S/c1-27(2)14-16-9-7-15(8-10-16)13-24-20(28)12-11-19-25-22(29)21-17-5-3-4-6-18(17)30-23(21)26-19/h7-10H,3-6,11-14H2,1-2H3,(H,24,28)(H,25,26,29). The Balaban J connectivity index is 1.33. The van der Waals surface area contributed by atoms with Gasteiger partial charge in [0, 0.05) is 30.8 Å². The first-order valence-electron chi connectivity index (χ1n) is 10.5. The number of nitrogens with one attached hydrogen (secondary N) is 2. The first-order valence-corrected chi connectivity index (χ1v) is 11.3. The predicted molar refractivity (Wildman–Crippen MR) is 121 cm³/mol. The van der Waals surface area contributed by atoms with Crippen LogP contribution < -0.4 is 10.9 Å². The van der Waals surface area contributed by atoms with Crippen molar-refractivity contribution in [3.8, 4) is 0 Å². The van der Waals surface area contributed by atoms with Crippen LogP contribution in [-0.2, 0) is 37.1 Å². The molecular formula is C23H28N4O2S. The number of aryl methyl sites for hydroxylation is 3. The van der Waals surface area contributed by atoms with E-state index in [1.807, 2.05) is 26.2 Å². The molecule has 1 aliphatic carbocycles. The number of aromatic nitrogens is 2. The summed E-state index contributed by atoms with van der Waals surface area (Å²) < 4.78 is 0. The summed E-state index contributed by atoms with van der Waals surface area (Å²) in [6.07, 6.45) is 5.07. The highest BCUT2D eigenvalue weighted by Crippen LogP contribution is 2.33. The van der Waals surface area contributed by atoms with Crippen LogP contribution in [0.2, 0.25) is 0 Å². The van der Waals surface area contributed by atoms with E-state index in [0.717, 1.165) is 41.6 Å². The lowest BCUT2D eigenvalue weighted by molar-refractivity contribution is -0.121. The van der Waals surface area contributed by atoms with E-state index in [1.165, 1.54) is 22.4 Å². The van der Waals surface area contributed by atoms with Gasteiger partial charge in [-0.1, -0.05) is 24.3 Å². The minimum Gasteiger partial charge on any atom is -0.352 e. The third-order valence-electron chi connectivity index (χ3n) is 5.47. The average Bonchev–Trinajstić information content (AvgIpc) is 3.10. The lowest BCUT2D eigenvalue weighted by Gasteiger charge is -2.10. The highest BCUT2D eigenvalue weighted by molar-refractivity contribution is 7.18. The third kappa shape index (κ3) is 4.79. The van der Waals surface area contributed by atoms with Gasteiger partial charge in [0.05, 0.1) is 5.39 Å². The number of H-pyrrole nitrogens is 1. The van der Waals surface area contributed by atoms with Crippen molar-refractivity contribution in [2.45, 2.75) is 51.6 Å². The fraction of sp³-hybridized carbons (Fsp3) is 0.435. The topological polar surface area (TPSA) is 78.1 Å². The highest BCUT2D eigenvalue weighted by Gasteiger charge is 2.19. The van der Waals surface area contributed by atoms with Crippen LogP contribution in [0.5, 0.6) is 0 Å². The van der Waals surface area contributed by atoms with Gasteiger partial charge in [-0.05, 0) is 56.5 Å². The molecule has 0 bridgehead atoms. The molecule has 3 aromatic rings. The first kappa shape index (κ1) is 20.8. The number of amides is 1. The van der Waals surface area contributed by atoms with Crippen LogP contribution in [0.1, 0.15) is 46.7 Å². The quantitative estimate of drug-likeness (QED) is 0.611. The molecule has 2 aromatic heterocycles. The molecule has 1 amide bonds. The number of rotatable bonds is 7. The first-order chi connectivity index (χ1) is 14.5. The molecule has 2 N–H and O–H groups in total. The van der Waals surface area contributed by atoms with Gasteiger partial charge in [0.25, 0.3) is 5.56 Å². The Hall–Kier alpha value is -2.51. The van der Waals surface area contributed by atoms with Crippen LogP contribution in [0, 0.1) is 0 Å². The molecule has 0 radical (unpaired) electrons. The van der Waals surface area contributed by atoms with Crippen molar-refractivity contribution < 1.29 is 4.79 Å². The maximum absolute atomic E-state index is 12.6. The Morgan fingerprint density at radius 2 is 1.90 bits per heavy atom. The summed E-state index contributed by atoms with van der Waals surface area (Å²) in [6.45, 7) is 1.40. The van der Waals surface area contributed by atoms with Crippen molar-refractivity contribution in [2.24, 2.45) is 0 Å². The summed E-state index contributed by atoms with van der Waals surface area (Å²) >= 11 is 1.64. The number of carbonyl (C=O) groups is 1. The second kappa shape index (κ2) is 9.10. The molecule has 4 rings (SSSR count). The number of aromatic amines is 1. The summed E-state index contributed by atoms with van der Waals surface area (Å²) in [5, 5.41) is 3.72. The molecule has 1 aromatic carbocycles. The molecule has 30 heavy (non-hydrogen) atoms. The molecule has 7 heteroatoms. The number of thiophene rings is 1. The Bertz CT molecular complexity index is 1100. The van der Waals surface area contributed by atoms with E-state index in [0.29, 0.717) is 25.2 Å². The molecular weight excluding hydrogens is 396 g/mol. The van der Waals surface area contributed by atoms with Gasteiger partial charge in [-0.2, -0.15) is 0 Å². The van der Waals surface area contributed by atoms with Crippen molar-refractivity contribution in [1.82, 2.24) is 20.2 Å². The number of hydrogen-bond donors (Lipinski definition) is 2. The summed E-state index contributed by atoms with van der Waals surface area (Å²) in [5.74, 6) is 0.551. The van der Waals surface area contributed by atoms with Crippen molar-refractivity contribution in [2.75, 3.05) is 14.1 Å². The summed E-state index contributed by atoms with van der Waals surface area (Å²) in [7, 11) is 4.08. The van der Waals surface area contributed by atoms with E-state index in [4.69, 9.17) is 0 Å². The van der Waals surface area contributed by atoms with Gasteiger partial charge >= 0.3 is 0 Å². The molecule has 1 aliphatic rings. The van der Waals surface area contributed by atoms with E-state index in [9.17, 15) is 9.59 Å². The van der Waals surface area contributed by atoms with Crippen molar-refractivity contribution >= 4 is 27.5 Å². The minimum atomic E-state index is -0.0624. The Morgan fingerprint density at radius 3 is 2.67 bits per heavy atom. The average molecular weight is 425 g/mol. The SMILES string of the molecule is CN(C)Cc1ccc(CNC(=O)CCc2nc3sc4c(c3c(=O)[nH]2)CCCC4)cc1. The number of carbonyl (C=O) groups excluding carboxylic acids is 1. The van der Waals surface area contributed by atoms with Crippen LogP contribution in [0.15, 0.2) is 29.1 Å². The van der Waals surface area contributed by atoms with Crippen LogP contribution in [0.3, 0.4) is 0 Å². The molecule has 2 heterocycles. The lowest BCUT2D eigenvalue weighted by atomic mass is 9.97. The van der Waals surface area contributed by atoms with Gasteiger partial charge in [0.1, 0.15) is 10.7 Å². The predicted octanol–water partition coefficient (Wildman–Crippen LogP) is 3.17. The number of benzene rings is 1. The van der Waals surface area contributed by atoms with Crippen LogP contribution >= 0.6 is 11.3 Å². The number of nitrogens with zero attached hydrogens (tertiary/aromatic N) is 2. The third-order valence-corrected chi connectivity index (χ3v) is 6.66. The minimum absolute atomic E-state index is 0.0411. The normalized spacial score (nSPS) is 13.6. The lowest BCUT2D eigenvalue weighted by Crippen LogP contribution is -2.23. The summed E-state index contributed by atoms with van der Waals surface area (Å²) in [4.78, 5) is 36.6. The zero-order valence-corrected chi connectivity index (χ0v) is 18.4. The Labute approximate surface area is 180 Å².